The third-order valence-corrected chi connectivity index (χ3v) is 7.62. The van der Waals surface area contributed by atoms with Gasteiger partial charge in [0.15, 0.2) is 0 Å². The van der Waals surface area contributed by atoms with Gasteiger partial charge >= 0.3 is 18.1 Å². The molecular formula is C39H56N4O8S. The normalized spacial score (nSPS) is 11.2. The van der Waals surface area contributed by atoms with Gasteiger partial charge in [0.2, 0.25) is 5.91 Å². The van der Waals surface area contributed by atoms with Crippen LogP contribution in [-0.2, 0) is 30.4 Å². The molecule has 2 aromatic carbocycles. The fourth-order valence-corrected chi connectivity index (χ4v) is 4.25. The number of carbonyl (C=O) groups excluding carboxylic acids is 4. The van der Waals surface area contributed by atoms with Crippen LogP contribution < -0.4 is 26.0 Å². The third kappa shape index (κ3) is 23.6. The minimum Gasteiger partial charge on any atom is -0.494 e. The lowest BCUT2D eigenvalue weighted by molar-refractivity contribution is -0.141. The van der Waals surface area contributed by atoms with Gasteiger partial charge in [-0.1, -0.05) is 93.3 Å². The first-order valence-electron chi connectivity index (χ1n) is 17.2. The van der Waals surface area contributed by atoms with E-state index in [9.17, 15) is 19.2 Å². The van der Waals surface area contributed by atoms with Crippen LogP contribution in [0.2, 0.25) is 0 Å². The Bertz CT molecular complexity index is 1370. The summed E-state index contributed by atoms with van der Waals surface area (Å²) >= 11 is 1.69. The highest BCUT2D eigenvalue weighted by Crippen LogP contribution is 2.12. The van der Waals surface area contributed by atoms with E-state index in [0.29, 0.717) is 38.5 Å². The summed E-state index contributed by atoms with van der Waals surface area (Å²) < 4.78 is 21.5. The summed E-state index contributed by atoms with van der Waals surface area (Å²) in [4.78, 5) is 47.0. The molecule has 4 amide bonds. The van der Waals surface area contributed by atoms with E-state index < -0.39 is 12.0 Å². The molecule has 13 heteroatoms. The number of esters is 1. The topological polar surface area (TPSA) is 153 Å². The minimum atomic E-state index is -0.650. The van der Waals surface area contributed by atoms with Crippen molar-refractivity contribution in [1.29, 1.82) is 0 Å². The molecule has 12 nitrogen and oxygen atoms in total. The summed E-state index contributed by atoms with van der Waals surface area (Å²) in [5.41, 5.74) is 2.87. The highest BCUT2D eigenvalue weighted by Gasteiger charge is 2.17. The molecule has 0 heterocycles. The Hall–Kier alpha value is -4.75. The van der Waals surface area contributed by atoms with Crippen LogP contribution in [0.5, 0.6) is 5.75 Å². The fraction of sp³-hybridized carbons (Fsp3) is 0.436. The molecule has 0 aliphatic carbocycles. The lowest BCUT2D eigenvalue weighted by Gasteiger charge is -2.22. The molecule has 4 N–H and O–H groups in total. The van der Waals surface area contributed by atoms with Gasteiger partial charge in [-0.3, -0.25) is 9.59 Å². The SMILES string of the molecule is C=C/C=C(\C=C)COC(=O)CNC(=O)NCC(=O)NC(COCCCCOc1ccc(C)cc1)C(C)C.CSCCNC(=O)OCc1ccccc1. The lowest BCUT2D eigenvalue weighted by Crippen LogP contribution is -2.48. The average molecular weight is 741 g/mol. The number of aryl methyl sites for hydroxylation is 1. The van der Waals surface area contributed by atoms with Gasteiger partial charge < -0.3 is 40.2 Å². The van der Waals surface area contributed by atoms with E-state index in [1.165, 1.54) is 5.56 Å². The van der Waals surface area contributed by atoms with Crippen molar-refractivity contribution < 1.29 is 38.1 Å². The van der Waals surface area contributed by atoms with Gasteiger partial charge in [-0.05, 0) is 55.2 Å². The Balaban J connectivity index is 0.000000747. The van der Waals surface area contributed by atoms with E-state index in [-0.39, 0.29) is 43.7 Å². The molecule has 1 unspecified atom stereocenters. The third-order valence-electron chi connectivity index (χ3n) is 7.01. The highest BCUT2D eigenvalue weighted by atomic mass is 32.2. The molecule has 0 fully saturated rings. The van der Waals surface area contributed by atoms with E-state index in [2.05, 4.69) is 34.4 Å². The van der Waals surface area contributed by atoms with E-state index >= 15 is 0 Å². The van der Waals surface area contributed by atoms with Gasteiger partial charge in [0.05, 0.1) is 25.8 Å². The van der Waals surface area contributed by atoms with Crippen LogP contribution in [0.3, 0.4) is 0 Å². The molecule has 0 spiro atoms. The van der Waals surface area contributed by atoms with Crippen molar-refractivity contribution in [2.75, 3.05) is 58.1 Å². The minimum absolute atomic E-state index is 0.0277. The molecule has 0 saturated carbocycles. The fourth-order valence-electron chi connectivity index (χ4n) is 3.95. The smallest absolute Gasteiger partial charge is 0.407 e. The zero-order valence-corrected chi connectivity index (χ0v) is 31.8. The first kappa shape index (κ1) is 45.3. The van der Waals surface area contributed by atoms with Crippen LogP contribution in [0.15, 0.2) is 91.6 Å². The van der Waals surface area contributed by atoms with Crippen molar-refractivity contribution in [3.63, 3.8) is 0 Å². The molecule has 0 aliphatic heterocycles. The summed E-state index contributed by atoms with van der Waals surface area (Å²) in [5.74, 6) is 0.940. The second-order valence-electron chi connectivity index (χ2n) is 11.7. The van der Waals surface area contributed by atoms with E-state index in [1.54, 1.807) is 30.0 Å². The number of nitrogens with one attached hydrogen (secondary N) is 4. The van der Waals surface area contributed by atoms with E-state index in [4.69, 9.17) is 18.9 Å². The Morgan fingerprint density at radius 3 is 2.23 bits per heavy atom. The maximum absolute atomic E-state index is 12.3. The molecule has 0 bridgehead atoms. The van der Waals surface area contributed by atoms with Crippen molar-refractivity contribution in [3.8, 4) is 5.75 Å². The number of amides is 4. The number of urea groups is 1. The van der Waals surface area contributed by atoms with Crippen molar-refractivity contribution in [3.05, 3.63) is 103 Å². The first-order chi connectivity index (χ1) is 25.1. The summed E-state index contributed by atoms with van der Waals surface area (Å²) in [5, 5.41) is 10.3. The summed E-state index contributed by atoms with van der Waals surface area (Å²) in [7, 11) is 0. The highest BCUT2D eigenvalue weighted by molar-refractivity contribution is 7.98. The van der Waals surface area contributed by atoms with Crippen molar-refractivity contribution in [2.45, 2.75) is 46.3 Å². The van der Waals surface area contributed by atoms with Crippen molar-refractivity contribution in [1.82, 2.24) is 21.3 Å². The molecule has 52 heavy (non-hydrogen) atoms. The number of carbonyl (C=O) groups is 4. The predicted octanol–water partition coefficient (Wildman–Crippen LogP) is 5.73. The second-order valence-corrected chi connectivity index (χ2v) is 12.7. The molecule has 1 atom stereocenters. The number of hydrogen-bond acceptors (Lipinski definition) is 9. The molecule has 0 saturated heterocycles. The zero-order chi connectivity index (χ0) is 38.4. The van der Waals surface area contributed by atoms with Gasteiger partial charge in [-0.25, -0.2) is 9.59 Å². The van der Waals surface area contributed by atoms with E-state index in [1.807, 2.05) is 81.6 Å². The maximum Gasteiger partial charge on any atom is 0.407 e. The van der Waals surface area contributed by atoms with Crippen LogP contribution >= 0.6 is 11.8 Å². The number of benzene rings is 2. The van der Waals surface area contributed by atoms with Gasteiger partial charge in [0, 0.05) is 18.9 Å². The van der Waals surface area contributed by atoms with Gasteiger partial charge in [0.1, 0.15) is 25.5 Å². The molecule has 0 aromatic heterocycles. The van der Waals surface area contributed by atoms with Crippen molar-refractivity contribution >= 4 is 35.8 Å². The zero-order valence-electron chi connectivity index (χ0n) is 30.9. The first-order valence-corrected chi connectivity index (χ1v) is 18.6. The Labute approximate surface area is 313 Å². The monoisotopic (exact) mass is 740 g/mol. The number of hydrogen-bond donors (Lipinski definition) is 4. The molecule has 0 radical (unpaired) electrons. The number of alkyl carbamates (subject to hydrolysis) is 1. The number of allylic oxidation sites excluding steroid dienone is 2. The Morgan fingerprint density at radius 2 is 1.58 bits per heavy atom. The number of rotatable bonds is 23. The lowest BCUT2D eigenvalue weighted by atomic mass is 10.1. The molecule has 2 rings (SSSR count). The van der Waals surface area contributed by atoms with Crippen LogP contribution in [0.25, 0.3) is 0 Å². The predicted molar refractivity (Wildman–Crippen MR) is 207 cm³/mol. The van der Waals surface area contributed by atoms with Crippen LogP contribution in [0, 0.1) is 12.8 Å². The molecule has 286 valence electrons. The van der Waals surface area contributed by atoms with Crippen LogP contribution in [0.4, 0.5) is 9.59 Å². The van der Waals surface area contributed by atoms with Crippen molar-refractivity contribution in [2.24, 2.45) is 5.92 Å². The Morgan fingerprint density at radius 1 is 0.885 bits per heavy atom. The quantitative estimate of drug-likeness (QED) is 0.0636. The van der Waals surface area contributed by atoms with Gasteiger partial charge in [-0.15, -0.1) is 0 Å². The standard InChI is InChI=1S/C28H41N3O6.C11H15NO2S/c1-6-10-23(7-2)19-37-27(33)18-30-28(34)29-17-26(32)31-25(21(3)4)20-35-15-8-9-16-36-24-13-11-22(5)12-14-24;1-15-8-7-12-11(13)14-9-10-5-3-2-4-6-10/h6-7,10-14,21,25H,1-2,8-9,15-20H2,3-5H3,(H,31,32)(H2,29,30,34);2-6H,7-9H2,1H3,(H,12,13)/b23-10+;. The molecule has 0 aliphatic rings. The van der Waals surface area contributed by atoms with Gasteiger partial charge in [0.25, 0.3) is 0 Å². The van der Waals surface area contributed by atoms with Crippen LogP contribution in [-0.4, -0.2) is 88.1 Å². The van der Waals surface area contributed by atoms with Crippen LogP contribution in [0.1, 0.15) is 37.8 Å². The second kappa shape index (κ2) is 28.9. The maximum atomic E-state index is 12.3. The number of thioether (sulfide) groups is 1. The largest absolute Gasteiger partial charge is 0.494 e. The summed E-state index contributed by atoms with van der Waals surface area (Å²) in [6, 6.07) is 16.7. The molecular weight excluding hydrogens is 685 g/mol. The summed E-state index contributed by atoms with van der Waals surface area (Å²) in [6.45, 7) is 15.2. The Kier molecular flexibility index (Phi) is 25.2. The number of unbranched alkanes of at least 4 members (excludes halogenated alkanes) is 1. The van der Waals surface area contributed by atoms with Gasteiger partial charge in [-0.2, -0.15) is 11.8 Å². The molecule has 2 aromatic rings. The average Bonchev–Trinajstić information content (AvgIpc) is 3.14. The number of ether oxygens (including phenoxy) is 4. The van der Waals surface area contributed by atoms with E-state index in [0.717, 1.165) is 29.9 Å². The summed E-state index contributed by atoms with van der Waals surface area (Å²) in [6.07, 6.45) is 8.11.